The summed E-state index contributed by atoms with van der Waals surface area (Å²) in [4.78, 5) is 13.3. The Labute approximate surface area is 139 Å². The third-order valence-corrected chi connectivity index (χ3v) is 5.20. The van der Waals surface area contributed by atoms with E-state index in [0.29, 0.717) is 18.4 Å². The summed E-state index contributed by atoms with van der Waals surface area (Å²) in [6, 6.07) is 4.81. The summed E-state index contributed by atoms with van der Waals surface area (Å²) in [5.74, 6) is 1.42. The van der Waals surface area contributed by atoms with Crippen molar-refractivity contribution in [2.24, 2.45) is 5.92 Å². The molecule has 0 radical (unpaired) electrons. The Morgan fingerprint density at radius 3 is 2.65 bits per heavy atom. The van der Waals surface area contributed by atoms with E-state index in [-0.39, 0.29) is 6.04 Å². The van der Waals surface area contributed by atoms with Gasteiger partial charge in [-0.15, -0.1) is 0 Å². The first-order valence-electron chi connectivity index (χ1n) is 8.42. The van der Waals surface area contributed by atoms with Crippen LogP contribution in [0.15, 0.2) is 12.1 Å². The average molecular weight is 319 g/mol. The van der Waals surface area contributed by atoms with E-state index in [0.717, 1.165) is 31.8 Å². The van der Waals surface area contributed by atoms with E-state index in [2.05, 4.69) is 38.7 Å². The highest BCUT2D eigenvalue weighted by molar-refractivity contribution is 5.49. The van der Waals surface area contributed by atoms with Gasteiger partial charge in [-0.05, 0) is 49.4 Å². The molecule has 1 fully saturated rings. The van der Waals surface area contributed by atoms with Gasteiger partial charge in [0.25, 0.3) is 0 Å². The molecule has 1 aliphatic heterocycles. The molecule has 0 aromatic heterocycles. The highest BCUT2D eigenvalue weighted by atomic mass is 16.5. The third-order valence-electron chi connectivity index (χ3n) is 5.20. The van der Waals surface area contributed by atoms with Gasteiger partial charge in [-0.25, -0.2) is 0 Å². The first-order chi connectivity index (χ1) is 11.0. The molecule has 0 amide bonds. The first-order valence-corrected chi connectivity index (χ1v) is 8.42. The Balaban J connectivity index is 2.31. The minimum absolute atomic E-state index is 0.244. The third kappa shape index (κ3) is 3.75. The lowest BCUT2D eigenvalue weighted by molar-refractivity contribution is -0.108. The van der Waals surface area contributed by atoms with Gasteiger partial charge in [-0.2, -0.15) is 0 Å². The van der Waals surface area contributed by atoms with Crippen LogP contribution in [-0.4, -0.2) is 44.1 Å². The van der Waals surface area contributed by atoms with Gasteiger partial charge in [-0.1, -0.05) is 13.0 Å². The van der Waals surface area contributed by atoms with Crippen LogP contribution in [0.4, 0.5) is 0 Å². The molecular weight excluding hydrogens is 290 g/mol. The molecule has 23 heavy (non-hydrogen) atoms. The number of methoxy groups -OCH3 is 1. The van der Waals surface area contributed by atoms with E-state index in [9.17, 15) is 4.79 Å². The highest BCUT2D eigenvalue weighted by Gasteiger charge is 2.33. The fourth-order valence-electron chi connectivity index (χ4n) is 3.59. The standard InChI is InChI=1S/C19H29NO3/c1-13-11-23-12-18(13)20(9-6-10-21)16(4)17-7-8-19(22-5)15(3)14(17)2/h7-8,10,13,16,18H,6,9,11-12H2,1-5H3. The molecule has 1 aromatic rings. The smallest absolute Gasteiger partial charge is 0.122 e. The van der Waals surface area contributed by atoms with Crippen molar-refractivity contribution < 1.29 is 14.3 Å². The second-order valence-corrected chi connectivity index (χ2v) is 6.56. The predicted molar refractivity (Wildman–Crippen MR) is 92.0 cm³/mol. The zero-order valence-corrected chi connectivity index (χ0v) is 15.0. The number of hydrogen-bond acceptors (Lipinski definition) is 4. The van der Waals surface area contributed by atoms with E-state index >= 15 is 0 Å². The molecule has 3 atom stereocenters. The molecule has 0 saturated carbocycles. The van der Waals surface area contributed by atoms with Crippen LogP contribution in [-0.2, 0) is 9.53 Å². The van der Waals surface area contributed by atoms with Gasteiger partial charge in [0.1, 0.15) is 12.0 Å². The maximum absolute atomic E-state index is 10.9. The van der Waals surface area contributed by atoms with Crippen LogP contribution < -0.4 is 4.74 Å². The van der Waals surface area contributed by atoms with Crippen molar-refractivity contribution in [1.29, 1.82) is 0 Å². The van der Waals surface area contributed by atoms with Crippen molar-refractivity contribution in [3.8, 4) is 5.75 Å². The van der Waals surface area contributed by atoms with Crippen molar-refractivity contribution in [3.63, 3.8) is 0 Å². The molecule has 1 aliphatic rings. The summed E-state index contributed by atoms with van der Waals surface area (Å²) < 4.78 is 11.1. The topological polar surface area (TPSA) is 38.8 Å². The first kappa shape index (κ1) is 18.0. The minimum atomic E-state index is 0.244. The van der Waals surface area contributed by atoms with Crippen molar-refractivity contribution in [2.45, 2.75) is 46.2 Å². The second-order valence-electron chi connectivity index (χ2n) is 6.56. The molecular formula is C19H29NO3. The Hall–Kier alpha value is -1.39. The molecule has 1 heterocycles. The number of ether oxygens (including phenoxy) is 2. The second kappa shape index (κ2) is 7.93. The van der Waals surface area contributed by atoms with Crippen LogP contribution in [0.25, 0.3) is 0 Å². The number of carbonyl (C=O) groups excluding carboxylic acids is 1. The SMILES string of the molecule is COc1ccc(C(C)N(CCC=O)C2COCC2C)c(C)c1C. The van der Waals surface area contributed by atoms with Crippen LogP contribution in [0.1, 0.15) is 43.0 Å². The summed E-state index contributed by atoms with van der Waals surface area (Å²) >= 11 is 0. The molecule has 0 aliphatic carbocycles. The lowest BCUT2D eigenvalue weighted by Crippen LogP contribution is -2.42. The van der Waals surface area contributed by atoms with E-state index in [1.54, 1.807) is 7.11 Å². The zero-order chi connectivity index (χ0) is 17.0. The number of nitrogens with zero attached hydrogens (tertiary/aromatic N) is 1. The summed E-state index contributed by atoms with van der Waals surface area (Å²) in [7, 11) is 1.71. The van der Waals surface area contributed by atoms with Crippen LogP contribution in [0.2, 0.25) is 0 Å². The molecule has 4 nitrogen and oxygen atoms in total. The molecule has 0 bridgehead atoms. The molecule has 3 unspecified atom stereocenters. The lowest BCUT2D eigenvalue weighted by atomic mass is 9.94. The molecule has 1 saturated heterocycles. The van der Waals surface area contributed by atoms with Crippen LogP contribution in [0, 0.1) is 19.8 Å². The van der Waals surface area contributed by atoms with E-state index in [1.165, 1.54) is 16.7 Å². The lowest BCUT2D eigenvalue weighted by Gasteiger charge is -2.36. The average Bonchev–Trinajstić information content (AvgIpc) is 2.96. The minimum Gasteiger partial charge on any atom is -0.496 e. The maximum atomic E-state index is 10.9. The van der Waals surface area contributed by atoms with Gasteiger partial charge >= 0.3 is 0 Å². The van der Waals surface area contributed by atoms with Crippen LogP contribution in [0.3, 0.4) is 0 Å². The largest absolute Gasteiger partial charge is 0.496 e. The number of carbonyl (C=O) groups is 1. The predicted octanol–water partition coefficient (Wildman–Crippen LogP) is 3.30. The van der Waals surface area contributed by atoms with Crippen molar-refractivity contribution in [1.82, 2.24) is 4.90 Å². The molecule has 0 spiro atoms. The van der Waals surface area contributed by atoms with Crippen molar-refractivity contribution in [2.75, 3.05) is 26.9 Å². The van der Waals surface area contributed by atoms with Crippen LogP contribution >= 0.6 is 0 Å². The maximum Gasteiger partial charge on any atom is 0.122 e. The number of hydrogen-bond donors (Lipinski definition) is 0. The van der Waals surface area contributed by atoms with Gasteiger partial charge in [0.15, 0.2) is 0 Å². The molecule has 128 valence electrons. The fraction of sp³-hybridized carbons (Fsp3) is 0.632. The number of benzene rings is 1. The Morgan fingerprint density at radius 1 is 1.35 bits per heavy atom. The number of aldehydes is 1. The van der Waals surface area contributed by atoms with Gasteiger partial charge in [-0.3, -0.25) is 4.90 Å². The molecule has 2 rings (SSSR count). The summed E-state index contributed by atoms with van der Waals surface area (Å²) in [5, 5.41) is 0. The molecule has 1 aromatic carbocycles. The van der Waals surface area contributed by atoms with Gasteiger partial charge in [0.2, 0.25) is 0 Å². The summed E-state index contributed by atoms with van der Waals surface area (Å²) in [6.07, 6.45) is 1.56. The Morgan fingerprint density at radius 2 is 2.09 bits per heavy atom. The van der Waals surface area contributed by atoms with E-state index in [4.69, 9.17) is 9.47 Å². The molecule has 4 heteroatoms. The zero-order valence-electron chi connectivity index (χ0n) is 15.0. The van der Waals surface area contributed by atoms with Crippen molar-refractivity contribution in [3.05, 3.63) is 28.8 Å². The van der Waals surface area contributed by atoms with Crippen LogP contribution in [0.5, 0.6) is 5.75 Å². The van der Waals surface area contributed by atoms with E-state index in [1.807, 2.05) is 6.07 Å². The van der Waals surface area contributed by atoms with Crippen molar-refractivity contribution >= 4 is 6.29 Å². The fourth-order valence-corrected chi connectivity index (χ4v) is 3.59. The highest BCUT2D eigenvalue weighted by Crippen LogP contribution is 2.33. The van der Waals surface area contributed by atoms with Gasteiger partial charge in [0.05, 0.1) is 20.3 Å². The molecule has 0 N–H and O–H groups in total. The summed E-state index contributed by atoms with van der Waals surface area (Å²) in [5.41, 5.74) is 3.75. The Kier molecular flexibility index (Phi) is 6.19. The monoisotopic (exact) mass is 319 g/mol. The normalized spacial score (nSPS) is 22.3. The number of rotatable bonds is 7. The van der Waals surface area contributed by atoms with Gasteiger partial charge in [0, 0.05) is 25.0 Å². The Bertz CT molecular complexity index is 544. The quantitative estimate of drug-likeness (QED) is 0.723. The summed E-state index contributed by atoms with van der Waals surface area (Å²) in [6.45, 7) is 11.0. The van der Waals surface area contributed by atoms with Gasteiger partial charge < -0.3 is 14.3 Å². The van der Waals surface area contributed by atoms with E-state index < -0.39 is 0 Å².